The number of nitrogens with zero attached hydrogens (tertiary/aromatic N) is 2. The molecule has 8 unspecified atom stereocenters. The number of hydrogen-bond acceptors (Lipinski definition) is 16. The number of benzene rings is 2. The van der Waals surface area contributed by atoms with Crippen LogP contribution in [0.3, 0.4) is 0 Å². The Morgan fingerprint density at radius 3 is 2.26 bits per heavy atom. The topological polar surface area (TPSA) is 253 Å². The van der Waals surface area contributed by atoms with Crippen LogP contribution in [0.15, 0.2) is 65.3 Å². The van der Waals surface area contributed by atoms with E-state index in [1.54, 1.807) is 6.08 Å². The van der Waals surface area contributed by atoms with E-state index in [1.807, 2.05) is 66.7 Å². The van der Waals surface area contributed by atoms with Gasteiger partial charge in [0.1, 0.15) is 52.8 Å². The molecule has 1 saturated heterocycles. The third kappa shape index (κ3) is 9.27. The molecule has 3 aliphatic carbocycles. The first-order valence-corrected chi connectivity index (χ1v) is 24.2. The molecular weight excluding hydrogens is 929 g/mol. The lowest BCUT2D eigenvalue weighted by Crippen LogP contribution is -2.82. The average Bonchev–Trinajstić information content (AvgIpc) is 3.34. The second-order valence-corrected chi connectivity index (χ2v) is 20.6. The molecule has 2 bridgehead atoms. The molecule has 0 radical (unpaired) electrons. The number of methoxy groups -OCH3 is 1. The van der Waals surface area contributed by atoms with Gasteiger partial charge in [0.05, 0.1) is 36.7 Å². The van der Waals surface area contributed by atoms with Crippen molar-refractivity contribution in [1.29, 1.82) is 5.26 Å². The van der Waals surface area contributed by atoms with Crippen molar-refractivity contribution in [3.63, 3.8) is 0 Å². The maximum absolute atomic E-state index is 16.3. The van der Waals surface area contributed by atoms with Crippen LogP contribution in [0.2, 0.25) is 0 Å². The zero-order valence-corrected chi connectivity index (χ0v) is 42.0. The van der Waals surface area contributed by atoms with Crippen molar-refractivity contribution >= 4 is 29.6 Å². The Balaban J connectivity index is 1.45. The zero-order chi connectivity index (χ0) is 52.8. The molecule has 1 spiro atoms. The normalized spacial score (nSPS) is 31.6. The van der Waals surface area contributed by atoms with Gasteiger partial charge in [-0.2, -0.15) is 5.26 Å². The Labute approximate surface area is 419 Å². The quantitative estimate of drug-likeness (QED) is 0.0453. The van der Waals surface area contributed by atoms with Crippen molar-refractivity contribution in [2.75, 3.05) is 13.7 Å². The molecule has 0 aromatic heterocycles. The van der Waals surface area contributed by atoms with Gasteiger partial charge >= 0.3 is 18.0 Å². The number of esters is 2. The second-order valence-electron chi connectivity index (χ2n) is 20.6. The van der Waals surface area contributed by atoms with Crippen LogP contribution in [-0.4, -0.2) is 116 Å². The summed E-state index contributed by atoms with van der Waals surface area (Å²) in [6.07, 6.45) is 2.01. The third-order valence-electron chi connectivity index (χ3n) is 14.9. The number of nitriles is 1. The van der Waals surface area contributed by atoms with Crippen LogP contribution in [0.1, 0.15) is 113 Å². The number of ketones is 2. The van der Waals surface area contributed by atoms with Gasteiger partial charge < -0.3 is 54.0 Å². The average molecular weight is 993 g/mol. The highest BCUT2D eigenvalue weighted by atomic mass is 16.7. The number of fused-ring (bicyclic) bond motifs is 4. The van der Waals surface area contributed by atoms with Crippen molar-refractivity contribution in [3.05, 3.63) is 99.0 Å². The number of hydrogen-bond donors (Lipinski definition) is 5. The van der Waals surface area contributed by atoms with Gasteiger partial charge in [-0.1, -0.05) is 43.2 Å². The third-order valence-corrected chi connectivity index (χ3v) is 14.9. The summed E-state index contributed by atoms with van der Waals surface area (Å²) in [5, 5.41) is 64.7. The Hall–Kier alpha value is -6.18. The molecule has 72 heavy (non-hydrogen) atoms. The van der Waals surface area contributed by atoms with Crippen LogP contribution in [-0.2, 0) is 25.5 Å². The fourth-order valence-electron chi connectivity index (χ4n) is 11.2. The molecule has 2 aromatic carbocycles. The number of carbonyl (C=O) groups is 4. The standard InChI is InChI=1S/C55H64N2O15/c1-27(2)12-11-21-53(8)22-20-34-46(71-53)33(18-13-28(3)4)48-40(47(34)70-51(65)31-14-16-32(17-15-31)68-52-45(62)44(61)42(59)38(26-58)69-52)43(60)41-39(37(25-56)57-9)35-24-36(29(5)6)55(41,72-48)54(66,49(35)63)23-19-30(7)50(64)67-10/h12-17,19-20,22,29,35-39,41-42,44-45,52,58-59,61-62,66H,11,18,21,23-24,26H2,1-8,10H3/b30-19-/t35?,36?,37?,38-,39?,41?,42-,44+,45-,52-,53?,54?,55?/m1/s1. The smallest absolute Gasteiger partial charge is 0.343 e. The maximum Gasteiger partial charge on any atom is 0.343 e. The van der Waals surface area contributed by atoms with E-state index in [0.29, 0.717) is 18.4 Å². The lowest BCUT2D eigenvalue weighted by Gasteiger charge is -2.66. The number of Topliss-reactive ketones (excluding diaryl/α,β-unsaturated/α-hetero) is 2. The number of aliphatic hydroxyl groups is 5. The molecule has 3 saturated carbocycles. The van der Waals surface area contributed by atoms with Crippen LogP contribution in [0.25, 0.3) is 10.9 Å². The Kier molecular flexibility index (Phi) is 15.4. The molecule has 384 valence electrons. The van der Waals surface area contributed by atoms with E-state index in [9.17, 15) is 40.4 Å². The fourth-order valence-corrected chi connectivity index (χ4v) is 11.2. The summed E-state index contributed by atoms with van der Waals surface area (Å²) in [4.78, 5) is 62.3. The number of aliphatic hydroxyl groups excluding tert-OH is 4. The van der Waals surface area contributed by atoms with E-state index in [2.05, 4.69) is 10.9 Å². The largest absolute Gasteiger partial charge is 0.482 e. The summed E-state index contributed by atoms with van der Waals surface area (Å²) in [6, 6.07) is 5.89. The summed E-state index contributed by atoms with van der Waals surface area (Å²) >= 11 is 0. The van der Waals surface area contributed by atoms with Crippen LogP contribution < -0.4 is 18.9 Å². The van der Waals surface area contributed by atoms with Gasteiger partial charge in [-0.25, -0.2) is 16.2 Å². The molecule has 17 heteroatoms. The van der Waals surface area contributed by atoms with Crippen LogP contribution >= 0.6 is 0 Å². The van der Waals surface area contributed by atoms with Gasteiger partial charge in [-0.3, -0.25) is 14.4 Å². The minimum absolute atomic E-state index is 0.0417. The first kappa shape index (κ1) is 53.6. The van der Waals surface area contributed by atoms with E-state index in [1.165, 1.54) is 44.4 Å². The Morgan fingerprint density at radius 2 is 1.67 bits per heavy atom. The minimum atomic E-state index is -2.50. The van der Waals surface area contributed by atoms with Gasteiger partial charge in [0.15, 0.2) is 34.6 Å². The molecule has 0 amide bonds. The summed E-state index contributed by atoms with van der Waals surface area (Å²) in [5.74, 6) is -8.27. The van der Waals surface area contributed by atoms with Gasteiger partial charge in [-0.15, -0.1) is 0 Å². The van der Waals surface area contributed by atoms with Gasteiger partial charge in [-0.05, 0) is 110 Å². The summed E-state index contributed by atoms with van der Waals surface area (Å²) in [5.41, 5.74) is -3.18. The molecule has 17 nitrogen and oxygen atoms in total. The SMILES string of the molecule is [C-]#[N+]C(C#N)C1C2CC(C(C)C)C3(Oc4c(CC=C(C)C)c5c(c(OC(=O)c6ccc(O[C@@H]7O[C@H](CO)[C@@H](O)[C@H](O)[C@H]7O)cc6)c4C(=O)C13)C=CC(C)(CCC=C(C)C)O5)C(O)(C/C=C(/C)C(=O)OC)C2=O. The van der Waals surface area contributed by atoms with E-state index >= 15 is 9.59 Å². The van der Waals surface area contributed by atoms with Crippen molar-refractivity contribution < 1.29 is 73.1 Å². The molecule has 6 aliphatic rings. The van der Waals surface area contributed by atoms with Gasteiger partial charge in [0.2, 0.25) is 6.29 Å². The van der Waals surface area contributed by atoms with Crippen LogP contribution in [0.5, 0.6) is 23.0 Å². The summed E-state index contributed by atoms with van der Waals surface area (Å²) in [6.45, 7) is 22.4. The van der Waals surface area contributed by atoms with Crippen molar-refractivity contribution in [2.45, 2.75) is 141 Å². The first-order chi connectivity index (χ1) is 34.0. The highest BCUT2D eigenvalue weighted by Crippen LogP contribution is 2.67. The number of ether oxygens (including phenoxy) is 6. The molecule has 3 heterocycles. The van der Waals surface area contributed by atoms with Crippen molar-refractivity contribution in [3.8, 4) is 29.1 Å². The van der Waals surface area contributed by atoms with E-state index in [0.717, 1.165) is 11.1 Å². The van der Waals surface area contributed by atoms with Crippen molar-refractivity contribution in [1.82, 2.24) is 0 Å². The molecule has 3 aliphatic heterocycles. The van der Waals surface area contributed by atoms with E-state index < -0.39 is 114 Å². The number of rotatable bonds is 15. The van der Waals surface area contributed by atoms with Crippen LogP contribution in [0, 0.1) is 47.5 Å². The lowest BCUT2D eigenvalue weighted by atomic mass is 9.41. The zero-order valence-electron chi connectivity index (χ0n) is 42.0. The molecule has 8 rings (SSSR count). The summed E-state index contributed by atoms with van der Waals surface area (Å²) < 4.78 is 36.9. The number of allylic oxidation sites excluding steroid dienone is 4. The van der Waals surface area contributed by atoms with Gasteiger partial charge in [0, 0.05) is 29.4 Å². The first-order valence-electron chi connectivity index (χ1n) is 24.2. The highest BCUT2D eigenvalue weighted by Gasteiger charge is 2.80. The monoisotopic (exact) mass is 992 g/mol. The minimum Gasteiger partial charge on any atom is -0.482 e. The maximum atomic E-state index is 16.3. The fraction of sp³-hybridized carbons (Fsp3) is 0.527. The Bertz CT molecular complexity index is 2690. The lowest BCUT2D eigenvalue weighted by molar-refractivity contribution is -0.277. The molecule has 2 aromatic rings. The predicted octanol–water partition coefficient (Wildman–Crippen LogP) is 5.98. The second kappa shape index (κ2) is 20.7. The molecular formula is C55H64N2O15. The molecule has 4 fully saturated rings. The van der Waals surface area contributed by atoms with Gasteiger partial charge in [0.25, 0.3) is 0 Å². The molecule has 13 atom stereocenters. The van der Waals surface area contributed by atoms with E-state index in [4.69, 9.17) is 35.0 Å². The highest BCUT2D eigenvalue weighted by molar-refractivity contribution is 6.11. The van der Waals surface area contributed by atoms with E-state index in [-0.39, 0.29) is 64.0 Å². The summed E-state index contributed by atoms with van der Waals surface area (Å²) in [7, 11) is 1.20. The molecule has 5 N–H and O–H groups in total. The number of carbonyl (C=O) groups excluding carboxylic acids is 4. The van der Waals surface area contributed by atoms with Crippen LogP contribution in [0.4, 0.5) is 0 Å². The Morgan fingerprint density at radius 1 is 0.986 bits per heavy atom. The predicted molar refractivity (Wildman–Crippen MR) is 260 cm³/mol. The van der Waals surface area contributed by atoms with Crippen molar-refractivity contribution in [2.24, 2.45) is 29.6 Å².